The Labute approximate surface area is 203 Å². The van der Waals surface area contributed by atoms with Gasteiger partial charge in [-0.2, -0.15) is 5.10 Å². The first-order valence-electron chi connectivity index (χ1n) is 10.6. The number of aryl methyl sites for hydroxylation is 1. The summed E-state index contributed by atoms with van der Waals surface area (Å²) in [5, 5.41) is 9.75. The summed E-state index contributed by atoms with van der Waals surface area (Å²) in [6.07, 6.45) is 0. The van der Waals surface area contributed by atoms with Gasteiger partial charge in [-0.3, -0.25) is 14.6 Å². The third kappa shape index (κ3) is 5.28. The number of benzene rings is 3. The Bertz CT molecular complexity index is 1460. The molecule has 0 bridgehead atoms. The summed E-state index contributed by atoms with van der Waals surface area (Å²) >= 11 is 0. The molecule has 10 heteroatoms. The molecule has 0 aliphatic carbocycles. The van der Waals surface area contributed by atoms with E-state index in [4.69, 9.17) is 9.47 Å². The normalized spacial score (nSPS) is 11.1. The number of ether oxygens (including phenoxy) is 2. The zero-order chi connectivity index (χ0) is 25.0. The van der Waals surface area contributed by atoms with E-state index in [1.54, 1.807) is 50.4 Å². The molecule has 0 aliphatic rings. The van der Waals surface area contributed by atoms with Crippen LogP contribution in [0.25, 0.3) is 11.3 Å². The lowest BCUT2D eigenvalue weighted by Gasteiger charge is -2.11. The molecule has 0 radical (unpaired) electrons. The van der Waals surface area contributed by atoms with Crippen LogP contribution in [0.4, 0.5) is 11.5 Å². The van der Waals surface area contributed by atoms with Gasteiger partial charge in [-0.05, 0) is 61.0 Å². The van der Waals surface area contributed by atoms with Crippen molar-refractivity contribution in [1.29, 1.82) is 0 Å². The van der Waals surface area contributed by atoms with E-state index in [-0.39, 0.29) is 10.5 Å². The predicted molar refractivity (Wildman–Crippen MR) is 134 cm³/mol. The minimum absolute atomic E-state index is 0.0409. The van der Waals surface area contributed by atoms with Gasteiger partial charge in [-0.1, -0.05) is 18.2 Å². The molecule has 0 aliphatic heterocycles. The van der Waals surface area contributed by atoms with Crippen molar-refractivity contribution in [3.05, 3.63) is 83.9 Å². The molecule has 180 valence electrons. The van der Waals surface area contributed by atoms with Crippen LogP contribution in [0.2, 0.25) is 0 Å². The molecule has 3 aromatic carbocycles. The Balaban J connectivity index is 1.54. The highest BCUT2D eigenvalue weighted by Gasteiger charge is 2.19. The number of methoxy groups -OCH3 is 2. The molecular weight excluding hydrogens is 468 g/mol. The number of anilines is 2. The number of rotatable bonds is 8. The lowest BCUT2D eigenvalue weighted by Crippen LogP contribution is -2.17. The summed E-state index contributed by atoms with van der Waals surface area (Å²) in [5.74, 6) is 1.07. The van der Waals surface area contributed by atoms with Crippen LogP contribution in [0.5, 0.6) is 11.5 Å². The summed E-state index contributed by atoms with van der Waals surface area (Å²) in [5.41, 5.74) is 2.65. The van der Waals surface area contributed by atoms with Crippen LogP contribution >= 0.6 is 0 Å². The van der Waals surface area contributed by atoms with Crippen molar-refractivity contribution in [1.82, 2.24) is 10.2 Å². The van der Waals surface area contributed by atoms with E-state index in [0.717, 1.165) is 5.56 Å². The highest BCUT2D eigenvalue weighted by molar-refractivity contribution is 7.92. The highest BCUT2D eigenvalue weighted by Crippen LogP contribution is 2.29. The van der Waals surface area contributed by atoms with E-state index in [2.05, 4.69) is 20.2 Å². The largest absolute Gasteiger partial charge is 0.497 e. The maximum absolute atomic E-state index is 13.0. The topological polar surface area (TPSA) is 122 Å². The van der Waals surface area contributed by atoms with Gasteiger partial charge in [0, 0.05) is 22.9 Å². The third-order valence-corrected chi connectivity index (χ3v) is 6.70. The zero-order valence-electron chi connectivity index (χ0n) is 19.3. The number of amides is 1. The van der Waals surface area contributed by atoms with Crippen LogP contribution in [0, 0.1) is 6.92 Å². The molecule has 1 aromatic heterocycles. The fourth-order valence-electron chi connectivity index (χ4n) is 3.46. The van der Waals surface area contributed by atoms with E-state index in [1.165, 1.54) is 19.2 Å². The van der Waals surface area contributed by atoms with Gasteiger partial charge >= 0.3 is 0 Å². The van der Waals surface area contributed by atoms with Gasteiger partial charge in [0.25, 0.3) is 15.9 Å². The van der Waals surface area contributed by atoms with Gasteiger partial charge < -0.3 is 14.8 Å². The van der Waals surface area contributed by atoms with Crippen molar-refractivity contribution in [3.8, 4) is 22.8 Å². The number of carbonyl (C=O) groups is 1. The van der Waals surface area contributed by atoms with Gasteiger partial charge in [0.15, 0.2) is 5.82 Å². The second kappa shape index (κ2) is 9.90. The SMILES string of the molecule is COc1ccc(NS(=O)(=O)c2ccc(C)c(C(=O)Nc3cc(-c4ccccc4OC)[nH]n3)c2)cc1. The number of para-hydroxylation sites is 1. The van der Waals surface area contributed by atoms with Gasteiger partial charge in [0.05, 0.1) is 24.8 Å². The lowest BCUT2D eigenvalue weighted by atomic mass is 10.1. The van der Waals surface area contributed by atoms with Crippen molar-refractivity contribution < 1.29 is 22.7 Å². The van der Waals surface area contributed by atoms with Gasteiger partial charge in [-0.25, -0.2) is 8.42 Å². The summed E-state index contributed by atoms with van der Waals surface area (Å²) in [4.78, 5) is 13.0. The second-order valence-corrected chi connectivity index (χ2v) is 9.31. The predicted octanol–water partition coefficient (Wildman–Crippen LogP) is 4.46. The van der Waals surface area contributed by atoms with E-state index < -0.39 is 15.9 Å². The summed E-state index contributed by atoms with van der Waals surface area (Å²) < 4.78 is 38.8. The number of aromatic nitrogens is 2. The van der Waals surface area contributed by atoms with Crippen molar-refractivity contribution in [2.24, 2.45) is 0 Å². The molecule has 3 N–H and O–H groups in total. The molecule has 35 heavy (non-hydrogen) atoms. The second-order valence-electron chi connectivity index (χ2n) is 7.63. The average molecular weight is 493 g/mol. The Morgan fingerprint density at radius 3 is 2.40 bits per heavy atom. The molecule has 0 saturated heterocycles. The van der Waals surface area contributed by atoms with Crippen molar-refractivity contribution in [3.63, 3.8) is 0 Å². The highest BCUT2D eigenvalue weighted by atomic mass is 32.2. The summed E-state index contributed by atoms with van der Waals surface area (Å²) in [7, 11) is -0.822. The van der Waals surface area contributed by atoms with Crippen molar-refractivity contribution in [2.45, 2.75) is 11.8 Å². The zero-order valence-corrected chi connectivity index (χ0v) is 20.1. The summed E-state index contributed by atoms with van der Waals surface area (Å²) in [6.45, 7) is 1.73. The van der Waals surface area contributed by atoms with Crippen LogP contribution in [0.15, 0.2) is 77.7 Å². The van der Waals surface area contributed by atoms with Crippen LogP contribution in [-0.4, -0.2) is 38.7 Å². The van der Waals surface area contributed by atoms with Crippen molar-refractivity contribution >= 4 is 27.4 Å². The maximum atomic E-state index is 13.0. The molecule has 0 saturated carbocycles. The maximum Gasteiger partial charge on any atom is 0.261 e. The fourth-order valence-corrected chi connectivity index (χ4v) is 4.55. The van der Waals surface area contributed by atoms with E-state index in [9.17, 15) is 13.2 Å². The first-order chi connectivity index (χ1) is 16.8. The molecule has 4 rings (SSSR count). The van der Waals surface area contributed by atoms with Crippen LogP contribution in [0.3, 0.4) is 0 Å². The van der Waals surface area contributed by atoms with Crippen LogP contribution in [0.1, 0.15) is 15.9 Å². The molecule has 0 fully saturated rings. The number of nitrogens with zero attached hydrogens (tertiary/aromatic N) is 1. The number of hydrogen-bond acceptors (Lipinski definition) is 6. The number of sulfonamides is 1. The monoisotopic (exact) mass is 492 g/mol. The van der Waals surface area contributed by atoms with Crippen LogP contribution in [-0.2, 0) is 10.0 Å². The van der Waals surface area contributed by atoms with E-state index >= 15 is 0 Å². The minimum Gasteiger partial charge on any atom is -0.497 e. The standard InChI is InChI=1S/C25H24N4O5S/c1-16-8-13-19(35(31,32)29-17-9-11-18(33-2)12-10-17)14-21(16)25(30)26-24-15-22(27-28-24)20-6-4-5-7-23(20)34-3/h4-15,29H,1-3H3,(H2,26,27,28,30). The molecule has 0 atom stereocenters. The Morgan fingerprint density at radius 1 is 0.943 bits per heavy atom. The van der Waals surface area contributed by atoms with Crippen LogP contribution < -0.4 is 19.5 Å². The molecule has 1 amide bonds. The first-order valence-corrected chi connectivity index (χ1v) is 12.1. The quantitative estimate of drug-likeness (QED) is 0.334. The number of aromatic amines is 1. The molecule has 4 aromatic rings. The molecule has 0 unspecified atom stereocenters. The minimum atomic E-state index is -3.92. The number of nitrogens with one attached hydrogen (secondary N) is 3. The average Bonchev–Trinajstić information content (AvgIpc) is 3.32. The van der Waals surface area contributed by atoms with Gasteiger partial charge in [0.2, 0.25) is 0 Å². The van der Waals surface area contributed by atoms with Gasteiger partial charge in [0.1, 0.15) is 11.5 Å². The third-order valence-electron chi connectivity index (χ3n) is 5.32. The van der Waals surface area contributed by atoms with E-state index in [0.29, 0.717) is 34.3 Å². The Hall–Kier alpha value is -4.31. The number of hydrogen-bond donors (Lipinski definition) is 3. The summed E-state index contributed by atoms with van der Waals surface area (Å²) in [6, 6.07) is 19.9. The first kappa shape index (κ1) is 23.8. The fraction of sp³-hybridized carbons (Fsp3) is 0.120. The Kier molecular flexibility index (Phi) is 6.74. The smallest absolute Gasteiger partial charge is 0.261 e. The van der Waals surface area contributed by atoms with E-state index in [1.807, 2.05) is 24.3 Å². The molecule has 9 nitrogen and oxygen atoms in total. The molecule has 1 heterocycles. The lowest BCUT2D eigenvalue weighted by molar-refractivity contribution is 0.102. The van der Waals surface area contributed by atoms with Gasteiger partial charge in [-0.15, -0.1) is 0 Å². The molecular formula is C25H24N4O5S. The number of H-pyrrole nitrogens is 1. The number of carbonyl (C=O) groups excluding carboxylic acids is 1. The Morgan fingerprint density at radius 2 is 1.69 bits per heavy atom. The van der Waals surface area contributed by atoms with Crippen molar-refractivity contribution in [2.75, 3.05) is 24.3 Å². The molecule has 0 spiro atoms.